The van der Waals surface area contributed by atoms with Crippen LogP contribution in [-0.4, -0.2) is 49.4 Å². The number of carbonyl (C=O) groups excluding carboxylic acids is 3. The molecule has 0 unspecified atom stereocenters. The Morgan fingerprint density at radius 2 is 2.10 bits per heavy atom. The zero-order valence-electron chi connectivity index (χ0n) is 11.8. The number of nitrogens with one attached hydrogen (secondary N) is 1. The van der Waals surface area contributed by atoms with E-state index in [2.05, 4.69) is 5.32 Å². The second-order valence-corrected chi connectivity index (χ2v) is 4.84. The highest BCUT2D eigenvalue weighted by atomic mass is 16.5. The topological polar surface area (TPSA) is 88.9 Å². The van der Waals surface area contributed by atoms with Crippen LogP contribution in [0.1, 0.15) is 23.4 Å². The van der Waals surface area contributed by atoms with Crippen molar-refractivity contribution in [3.05, 3.63) is 24.2 Å². The summed E-state index contributed by atoms with van der Waals surface area (Å²) >= 11 is 0. The van der Waals surface area contributed by atoms with E-state index in [1.54, 1.807) is 11.0 Å². The Hall–Kier alpha value is -2.31. The fourth-order valence-electron chi connectivity index (χ4n) is 2.29. The Bertz CT molecular complexity index is 503. The van der Waals surface area contributed by atoms with Crippen LogP contribution in [0.2, 0.25) is 0 Å². The maximum absolute atomic E-state index is 12.0. The van der Waals surface area contributed by atoms with Crippen LogP contribution in [0.5, 0.6) is 0 Å². The lowest BCUT2D eigenvalue weighted by Gasteiger charge is -2.30. The molecule has 7 nitrogen and oxygen atoms in total. The SMILES string of the molecule is COC(=O)C1CCN(C(=O)CNC(=O)c2ccco2)CC1. The summed E-state index contributed by atoms with van der Waals surface area (Å²) in [6.45, 7) is 0.910. The Balaban J connectivity index is 1.75. The lowest BCUT2D eigenvalue weighted by atomic mass is 9.97. The van der Waals surface area contributed by atoms with Gasteiger partial charge < -0.3 is 19.4 Å². The summed E-state index contributed by atoms with van der Waals surface area (Å²) in [6, 6.07) is 3.13. The molecule has 2 heterocycles. The highest BCUT2D eigenvalue weighted by Gasteiger charge is 2.27. The van der Waals surface area contributed by atoms with Gasteiger partial charge in [0, 0.05) is 13.1 Å². The minimum atomic E-state index is -0.419. The third-order valence-electron chi connectivity index (χ3n) is 3.53. The molecule has 0 spiro atoms. The van der Waals surface area contributed by atoms with Gasteiger partial charge in [-0.2, -0.15) is 0 Å². The predicted molar refractivity (Wildman–Crippen MR) is 72.4 cm³/mol. The zero-order chi connectivity index (χ0) is 15.2. The first kappa shape index (κ1) is 15.1. The number of piperidine rings is 1. The van der Waals surface area contributed by atoms with Crippen molar-refractivity contribution in [3.63, 3.8) is 0 Å². The predicted octanol–water partition coefficient (Wildman–Crippen LogP) is 0.421. The molecule has 0 radical (unpaired) electrons. The Morgan fingerprint density at radius 1 is 1.38 bits per heavy atom. The van der Waals surface area contributed by atoms with Crippen LogP contribution < -0.4 is 5.32 Å². The highest BCUT2D eigenvalue weighted by molar-refractivity contribution is 5.94. The van der Waals surface area contributed by atoms with Crippen molar-refractivity contribution < 1.29 is 23.5 Å². The normalized spacial score (nSPS) is 15.6. The van der Waals surface area contributed by atoms with Gasteiger partial charge in [0.2, 0.25) is 5.91 Å². The van der Waals surface area contributed by atoms with Gasteiger partial charge in [-0.25, -0.2) is 0 Å². The van der Waals surface area contributed by atoms with Crippen LogP contribution in [-0.2, 0) is 14.3 Å². The second-order valence-electron chi connectivity index (χ2n) is 4.84. The molecule has 114 valence electrons. The van der Waals surface area contributed by atoms with Crippen LogP contribution in [0.15, 0.2) is 22.8 Å². The van der Waals surface area contributed by atoms with Crippen molar-refractivity contribution in [1.82, 2.24) is 10.2 Å². The van der Waals surface area contributed by atoms with Gasteiger partial charge in [-0.1, -0.05) is 0 Å². The number of carbonyl (C=O) groups is 3. The van der Waals surface area contributed by atoms with Gasteiger partial charge >= 0.3 is 5.97 Å². The van der Waals surface area contributed by atoms with E-state index < -0.39 is 5.91 Å². The summed E-state index contributed by atoms with van der Waals surface area (Å²) in [7, 11) is 1.37. The van der Waals surface area contributed by atoms with E-state index in [1.807, 2.05) is 0 Å². The highest BCUT2D eigenvalue weighted by Crippen LogP contribution is 2.18. The quantitative estimate of drug-likeness (QED) is 0.813. The van der Waals surface area contributed by atoms with E-state index in [0.717, 1.165) is 0 Å². The Labute approximate surface area is 122 Å². The van der Waals surface area contributed by atoms with E-state index in [-0.39, 0.29) is 30.1 Å². The molecular formula is C14H18N2O5. The maximum atomic E-state index is 12.0. The van der Waals surface area contributed by atoms with Gasteiger partial charge in [0.05, 0.1) is 25.8 Å². The smallest absolute Gasteiger partial charge is 0.308 e. The molecule has 1 aliphatic rings. The molecule has 7 heteroatoms. The number of esters is 1. The van der Waals surface area contributed by atoms with Crippen LogP contribution >= 0.6 is 0 Å². The number of nitrogens with zero attached hydrogens (tertiary/aromatic N) is 1. The molecule has 21 heavy (non-hydrogen) atoms. The molecule has 1 saturated heterocycles. The summed E-state index contributed by atoms with van der Waals surface area (Å²) in [6.07, 6.45) is 2.57. The number of hydrogen-bond donors (Lipinski definition) is 1. The van der Waals surface area contributed by atoms with E-state index in [1.165, 1.54) is 19.4 Å². The van der Waals surface area contributed by atoms with Crippen molar-refractivity contribution in [2.45, 2.75) is 12.8 Å². The van der Waals surface area contributed by atoms with Crippen LogP contribution in [0, 0.1) is 5.92 Å². The average Bonchev–Trinajstić information content (AvgIpc) is 3.06. The summed E-state index contributed by atoms with van der Waals surface area (Å²) < 4.78 is 9.63. The standard InChI is InChI=1S/C14H18N2O5/c1-20-14(19)10-4-6-16(7-5-10)12(17)9-15-13(18)11-3-2-8-21-11/h2-3,8,10H,4-7,9H2,1H3,(H,15,18). The number of furan rings is 1. The lowest BCUT2D eigenvalue weighted by molar-refractivity contribution is -0.148. The molecule has 2 rings (SSSR count). The first-order chi connectivity index (χ1) is 10.1. The molecular weight excluding hydrogens is 276 g/mol. The molecule has 1 aromatic rings. The largest absolute Gasteiger partial charge is 0.469 e. The van der Waals surface area contributed by atoms with E-state index in [9.17, 15) is 14.4 Å². The van der Waals surface area contributed by atoms with Crippen LogP contribution in [0.4, 0.5) is 0 Å². The Morgan fingerprint density at radius 3 is 2.67 bits per heavy atom. The van der Waals surface area contributed by atoms with Gasteiger partial charge in [0.15, 0.2) is 5.76 Å². The average molecular weight is 294 g/mol. The van der Waals surface area contributed by atoms with Gasteiger partial charge in [0.1, 0.15) is 0 Å². The maximum Gasteiger partial charge on any atom is 0.308 e. The van der Waals surface area contributed by atoms with Crippen molar-refractivity contribution in [2.24, 2.45) is 5.92 Å². The van der Waals surface area contributed by atoms with Crippen molar-refractivity contribution >= 4 is 17.8 Å². The van der Waals surface area contributed by atoms with Crippen molar-refractivity contribution in [1.29, 1.82) is 0 Å². The van der Waals surface area contributed by atoms with Gasteiger partial charge in [-0.3, -0.25) is 14.4 Å². The molecule has 1 fully saturated rings. The third kappa shape index (κ3) is 3.84. The third-order valence-corrected chi connectivity index (χ3v) is 3.53. The fraction of sp³-hybridized carbons (Fsp3) is 0.500. The van der Waals surface area contributed by atoms with E-state index in [4.69, 9.17) is 9.15 Å². The van der Waals surface area contributed by atoms with Gasteiger partial charge in [-0.15, -0.1) is 0 Å². The zero-order valence-corrected chi connectivity index (χ0v) is 11.8. The van der Waals surface area contributed by atoms with Crippen LogP contribution in [0.3, 0.4) is 0 Å². The summed E-state index contributed by atoms with van der Waals surface area (Å²) in [5, 5.41) is 2.51. The summed E-state index contributed by atoms with van der Waals surface area (Å²) in [4.78, 5) is 36.7. The first-order valence-corrected chi connectivity index (χ1v) is 6.79. The lowest BCUT2D eigenvalue weighted by Crippen LogP contribution is -2.45. The van der Waals surface area contributed by atoms with Crippen LogP contribution in [0.25, 0.3) is 0 Å². The van der Waals surface area contributed by atoms with Crippen molar-refractivity contribution in [3.8, 4) is 0 Å². The van der Waals surface area contributed by atoms with Gasteiger partial charge in [-0.05, 0) is 25.0 Å². The number of rotatable bonds is 4. The van der Waals surface area contributed by atoms with E-state index >= 15 is 0 Å². The molecule has 0 aliphatic carbocycles. The molecule has 0 aromatic carbocycles. The molecule has 1 aromatic heterocycles. The number of methoxy groups -OCH3 is 1. The number of hydrogen-bond acceptors (Lipinski definition) is 5. The fourth-order valence-corrected chi connectivity index (χ4v) is 2.29. The molecule has 2 amide bonds. The minimum absolute atomic E-state index is 0.0809. The molecule has 0 atom stereocenters. The molecule has 1 N–H and O–H groups in total. The first-order valence-electron chi connectivity index (χ1n) is 6.79. The number of amides is 2. The monoisotopic (exact) mass is 294 g/mol. The summed E-state index contributed by atoms with van der Waals surface area (Å²) in [5.41, 5.74) is 0. The molecule has 0 saturated carbocycles. The molecule has 1 aliphatic heterocycles. The second kappa shape index (κ2) is 6.92. The minimum Gasteiger partial charge on any atom is -0.469 e. The molecule has 0 bridgehead atoms. The summed E-state index contributed by atoms with van der Waals surface area (Å²) in [5.74, 6) is -0.784. The number of likely N-dealkylation sites (tertiary alicyclic amines) is 1. The number of ether oxygens (including phenoxy) is 1. The van der Waals surface area contributed by atoms with Crippen molar-refractivity contribution in [2.75, 3.05) is 26.7 Å². The van der Waals surface area contributed by atoms with E-state index in [0.29, 0.717) is 25.9 Å². The van der Waals surface area contributed by atoms with Gasteiger partial charge in [0.25, 0.3) is 5.91 Å². The Kier molecular flexibility index (Phi) is 4.97.